The van der Waals surface area contributed by atoms with Crippen LogP contribution in [0.5, 0.6) is 34.5 Å². The highest BCUT2D eigenvalue weighted by Gasteiger charge is 2.47. The highest BCUT2D eigenvalue weighted by Crippen LogP contribution is 2.59. The van der Waals surface area contributed by atoms with Gasteiger partial charge in [-0.3, -0.25) is 0 Å². The zero-order valence-corrected chi connectivity index (χ0v) is 21.2. The minimum atomic E-state index is -1.46. The van der Waals surface area contributed by atoms with Gasteiger partial charge in [-0.2, -0.15) is 0 Å². The lowest BCUT2D eigenvalue weighted by atomic mass is 9.73. The molecule has 2 aromatic rings. The monoisotopic (exact) mass is 498 g/mol. The quantitative estimate of drug-likeness (QED) is 0.488. The van der Waals surface area contributed by atoms with Crippen molar-refractivity contribution in [2.45, 2.75) is 45.8 Å². The molecule has 0 spiro atoms. The number of carbonyl (C=O) groups excluding carboxylic acids is 1. The fourth-order valence-corrected chi connectivity index (χ4v) is 4.99. The van der Waals surface area contributed by atoms with Crippen molar-refractivity contribution < 1.29 is 43.1 Å². The summed E-state index contributed by atoms with van der Waals surface area (Å²) in [5.74, 6) is 1.86. The van der Waals surface area contributed by atoms with E-state index in [-0.39, 0.29) is 19.5 Å². The molecule has 3 aliphatic rings. The molecule has 2 aromatic carbocycles. The van der Waals surface area contributed by atoms with Gasteiger partial charge in [-0.1, -0.05) is 13.0 Å². The largest absolute Gasteiger partial charge is 0.492 e. The second-order valence-corrected chi connectivity index (χ2v) is 9.37. The Labute approximate surface area is 209 Å². The molecule has 36 heavy (non-hydrogen) atoms. The van der Waals surface area contributed by atoms with E-state index in [1.54, 1.807) is 40.0 Å². The minimum Gasteiger partial charge on any atom is -0.492 e. The maximum absolute atomic E-state index is 13.0. The van der Waals surface area contributed by atoms with Crippen molar-refractivity contribution in [3.63, 3.8) is 0 Å². The van der Waals surface area contributed by atoms with E-state index in [2.05, 4.69) is 0 Å². The predicted molar refractivity (Wildman–Crippen MR) is 129 cm³/mol. The van der Waals surface area contributed by atoms with Crippen molar-refractivity contribution in [3.05, 3.63) is 34.9 Å². The number of rotatable bonds is 4. The summed E-state index contributed by atoms with van der Waals surface area (Å²) in [5, 5.41) is 11.9. The third kappa shape index (κ3) is 3.52. The van der Waals surface area contributed by atoms with E-state index in [1.807, 2.05) is 13.0 Å². The molecular weight excluding hydrogens is 468 g/mol. The van der Waals surface area contributed by atoms with Gasteiger partial charge in [-0.25, -0.2) is 4.79 Å². The predicted octanol–water partition coefficient (Wildman–Crippen LogP) is 4.32. The van der Waals surface area contributed by atoms with Crippen LogP contribution < -0.4 is 28.4 Å². The first-order valence-electron chi connectivity index (χ1n) is 11.8. The Morgan fingerprint density at radius 2 is 1.61 bits per heavy atom. The van der Waals surface area contributed by atoms with Crippen LogP contribution in [0.15, 0.2) is 23.8 Å². The first-order chi connectivity index (χ1) is 17.2. The van der Waals surface area contributed by atoms with E-state index in [4.69, 9.17) is 33.2 Å². The first kappa shape index (κ1) is 24.1. The maximum atomic E-state index is 13.0. The zero-order chi connectivity index (χ0) is 25.8. The van der Waals surface area contributed by atoms with Crippen LogP contribution in [-0.4, -0.2) is 44.5 Å². The van der Waals surface area contributed by atoms with Crippen LogP contribution in [0.1, 0.15) is 44.9 Å². The third-order valence-corrected chi connectivity index (χ3v) is 7.33. The number of hydrogen-bond acceptors (Lipinski definition) is 9. The fourth-order valence-electron chi connectivity index (χ4n) is 4.99. The summed E-state index contributed by atoms with van der Waals surface area (Å²) < 4.78 is 40.7. The van der Waals surface area contributed by atoms with E-state index < -0.39 is 17.7 Å². The Bertz CT molecular complexity index is 1260. The Morgan fingerprint density at radius 3 is 2.19 bits per heavy atom. The van der Waals surface area contributed by atoms with Crippen molar-refractivity contribution >= 4 is 5.97 Å². The maximum Gasteiger partial charge on any atom is 0.334 e. The molecule has 0 fully saturated rings. The van der Waals surface area contributed by atoms with Crippen LogP contribution >= 0.6 is 0 Å². The summed E-state index contributed by atoms with van der Waals surface area (Å²) in [7, 11) is 3.09. The van der Waals surface area contributed by atoms with Gasteiger partial charge in [0.2, 0.25) is 25.1 Å². The number of ether oxygens (including phenoxy) is 7. The Morgan fingerprint density at radius 1 is 1.03 bits per heavy atom. The smallest absolute Gasteiger partial charge is 0.334 e. The Hall–Kier alpha value is -3.59. The average molecular weight is 499 g/mol. The fraction of sp³-hybridized carbons (Fsp3) is 0.444. The van der Waals surface area contributed by atoms with Crippen LogP contribution in [0.25, 0.3) is 11.1 Å². The number of benzene rings is 2. The molecule has 1 aliphatic carbocycles. The van der Waals surface area contributed by atoms with Gasteiger partial charge < -0.3 is 38.3 Å². The van der Waals surface area contributed by atoms with Crippen LogP contribution in [0, 0.1) is 5.92 Å². The van der Waals surface area contributed by atoms with E-state index in [0.29, 0.717) is 63.2 Å². The van der Waals surface area contributed by atoms with Gasteiger partial charge in [0.15, 0.2) is 29.1 Å². The molecule has 5 rings (SSSR count). The lowest BCUT2D eigenvalue weighted by Gasteiger charge is -2.41. The van der Waals surface area contributed by atoms with Crippen LogP contribution in [-0.2, 0) is 16.0 Å². The van der Waals surface area contributed by atoms with Crippen molar-refractivity contribution in [2.75, 3.05) is 27.8 Å². The molecule has 0 bridgehead atoms. The molecule has 9 heteroatoms. The molecule has 0 radical (unpaired) electrons. The average Bonchev–Trinajstić information content (AvgIpc) is 3.53. The second-order valence-electron chi connectivity index (χ2n) is 9.37. The van der Waals surface area contributed by atoms with Gasteiger partial charge in [-0.15, -0.1) is 0 Å². The molecule has 3 atom stereocenters. The second kappa shape index (κ2) is 8.81. The highest BCUT2D eigenvalue weighted by atomic mass is 16.7. The molecule has 0 unspecified atom stereocenters. The summed E-state index contributed by atoms with van der Waals surface area (Å²) in [4.78, 5) is 13.0. The minimum absolute atomic E-state index is 0.00858. The number of allylic oxidation sites excluding steroid dienone is 1. The number of hydrogen-bond donors (Lipinski definition) is 1. The number of esters is 1. The van der Waals surface area contributed by atoms with Crippen molar-refractivity contribution in [3.8, 4) is 45.6 Å². The summed E-state index contributed by atoms with van der Waals surface area (Å²) >= 11 is 0. The number of carbonyl (C=O) groups is 1. The number of methoxy groups -OCH3 is 2. The molecular formula is C27H30O9. The zero-order valence-electron chi connectivity index (χ0n) is 21.2. The summed E-state index contributed by atoms with van der Waals surface area (Å²) in [5.41, 5.74) is 1.59. The number of aliphatic hydroxyl groups is 1. The van der Waals surface area contributed by atoms with Gasteiger partial charge in [0.1, 0.15) is 5.60 Å². The normalized spacial score (nSPS) is 23.8. The van der Waals surface area contributed by atoms with Gasteiger partial charge in [-0.05, 0) is 50.8 Å². The van der Waals surface area contributed by atoms with Crippen LogP contribution in [0.2, 0.25) is 0 Å². The Balaban J connectivity index is 1.88. The standard InChI is InChI=1S/C27H30O9/c1-7-13(2)26(28)36-25-16-10-18-22(35-12-33-18)24(31-6)20(16)19-15(8-14(3)27(25,4)29)9-17-21(23(19)30-5)34-11-32-17/h7,9-10,14,25,29H,8,11-12H2,1-6H3/b13-7-/t14-,25-,27-/m0/s1. The molecule has 0 amide bonds. The topological polar surface area (TPSA) is 102 Å². The molecule has 1 N–H and O–H groups in total. The van der Waals surface area contributed by atoms with Gasteiger partial charge in [0.05, 0.1) is 14.2 Å². The van der Waals surface area contributed by atoms with Gasteiger partial charge in [0.25, 0.3) is 0 Å². The highest BCUT2D eigenvalue weighted by molar-refractivity contribution is 5.91. The molecule has 0 saturated heterocycles. The molecule has 2 heterocycles. The van der Waals surface area contributed by atoms with E-state index in [0.717, 1.165) is 5.56 Å². The SMILES string of the molecule is C/C=C(/C)C(=O)O[C@H]1c2cc3c(c(OC)c2-c2c(cc4c(c2OC)OCO4)C[C@H](C)[C@]1(C)O)OCO3. The summed E-state index contributed by atoms with van der Waals surface area (Å²) in [6.45, 7) is 7.10. The van der Waals surface area contributed by atoms with Crippen LogP contribution in [0.3, 0.4) is 0 Å². The van der Waals surface area contributed by atoms with Gasteiger partial charge >= 0.3 is 5.97 Å². The first-order valence-corrected chi connectivity index (χ1v) is 11.8. The molecule has 9 nitrogen and oxygen atoms in total. The van der Waals surface area contributed by atoms with Gasteiger partial charge in [0, 0.05) is 22.3 Å². The lowest BCUT2D eigenvalue weighted by molar-refractivity contribution is -0.166. The van der Waals surface area contributed by atoms with E-state index in [1.165, 1.54) is 7.11 Å². The van der Waals surface area contributed by atoms with E-state index >= 15 is 0 Å². The Kier molecular flexibility index (Phi) is 5.90. The van der Waals surface area contributed by atoms with E-state index in [9.17, 15) is 9.90 Å². The van der Waals surface area contributed by atoms with Crippen molar-refractivity contribution in [1.82, 2.24) is 0 Å². The number of fused-ring (bicyclic) bond motifs is 5. The third-order valence-electron chi connectivity index (χ3n) is 7.33. The molecule has 0 aromatic heterocycles. The van der Waals surface area contributed by atoms with Crippen molar-refractivity contribution in [1.29, 1.82) is 0 Å². The molecule has 0 saturated carbocycles. The summed E-state index contributed by atoms with van der Waals surface area (Å²) in [6, 6.07) is 3.64. The lowest BCUT2D eigenvalue weighted by Crippen LogP contribution is -2.44. The van der Waals surface area contributed by atoms with Crippen LogP contribution in [0.4, 0.5) is 0 Å². The molecule has 2 aliphatic heterocycles. The summed E-state index contributed by atoms with van der Waals surface area (Å²) in [6.07, 6.45) is 1.04. The molecule has 192 valence electrons. The van der Waals surface area contributed by atoms with Crippen molar-refractivity contribution in [2.24, 2.45) is 5.92 Å².